The lowest BCUT2D eigenvalue weighted by Gasteiger charge is -2.02. The van der Waals surface area contributed by atoms with Gasteiger partial charge in [0.25, 0.3) is 0 Å². The Morgan fingerprint density at radius 3 is 2.64 bits per heavy atom. The Hall–Kier alpha value is -1.39. The van der Waals surface area contributed by atoms with Crippen LogP contribution in [0.25, 0.3) is 0 Å². The molecule has 4 nitrogen and oxygen atoms in total. The molecule has 0 fully saturated rings. The first-order chi connectivity index (χ1) is 6.84. The molecular weight excluding hydrogens is 182 g/mol. The van der Waals surface area contributed by atoms with Crippen molar-refractivity contribution in [1.82, 2.24) is 0 Å². The number of carbonyl (C=O) groups excluding carboxylic acids is 1. The van der Waals surface area contributed by atoms with Crippen LogP contribution in [0.1, 0.15) is 16.8 Å². The van der Waals surface area contributed by atoms with E-state index in [1.165, 1.54) is 0 Å². The van der Waals surface area contributed by atoms with Gasteiger partial charge in [-0.2, -0.15) is 4.89 Å². The smallest absolute Gasteiger partial charge is 0.330 e. The summed E-state index contributed by atoms with van der Waals surface area (Å²) >= 11 is 0. The zero-order chi connectivity index (χ0) is 10.2. The van der Waals surface area contributed by atoms with Crippen molar-refractivity contribution in [1.29, 1.82) is 0 Å². The highest BCUT2D eigenvalue weighted by molar-refractivity contribution is 5.88. The van der Waals surface area contributed by atoms with Gasteiger partial charge in [0.15, 0.2) is 0 Å². The molecule has 0 aliphatic rings. The summed E-state index contributed by atoms with van der Waals surface area (Å²) in [5, 5.41) is 0. The molecule has 1 aromatic rings. The van der Waals surface area contributed by atoms with Crippen molar-refractivity contribution < 1.29 is 14.6 Å². The topological polar surface area (TPSA) is 61.6 Å². The number of carbonyl (C=O) groups is 1. The van der Waals surface area contributed by atoms with E-state index in [-0.39, 0.29) is 0 Å². The molecule has 1 rings (SSSR count). The van der Waals surface area contributed by atoms with Gasteiger partial charge in [-0.3, -0.25) is 4.89 Å². The van der Waals surface area contributed by atoms with E-state index < -0.39 is 5.97 Å². The predicted octanol–water partition coefficient (Wildman–Crippen LogP) is 1.12. The fourth-order valence-corrected chi connectivity index (χ4v) is 0.860. The van der Waals surface area contributed by atoms with Crippen molar-refractivity contribution in [3.8, 4) is 0 Å². The molecule has 2 N–H and O–H groups in total. The van der Waals surface area contributed by atoms with Crippen molar-refractivity contribution in [2.75, 3.05) is 13.2 Å². The molecule has 0 amide bonds. The molecule has 0 spiro atoms. The van der Waals surface area contributed by atoms with E-state index in [4.69, 9.17) is 5.73 Å². The predicted molar refractivity (Wildman–Crippen MR) is 51.5 cm³/mol. The number of benzene rings is 1. The van der Waals surface area contributed by atoms with Crippen LogP contribution in [0.2, 0.25) is 0 Å². The van der Waals surface area contributed by atoms with Gasteiger partial charge in [0, 0.05) is 0 Å². The number of rotatable bonds is 5. The summed E-state index contributed by atoms with van der Waals surface area (Å²) in [5.41, 5.74) is 5.71. The zero-order valence-corrected chi connectivity index (χ0v) is 7.81. The van der Waals surface area contributed by atoms with Gasteiger partial charge in [-0.1, -0.05) is 18.2 Å². The van der Waals surface area contributed by atoms with Crippen molar-refractivity contribution in [2.24, 2.45) is 5.73 Å². The molecule has 0 radical (unpaired) electrons. The summed E-state index contributed by atoms with van der Waals surface area (Å²) in [6.45, 7) is 0.845. The second-order valence-corrected chi connectivity index (χ2v) is 2.70. The Bertz CT molecular complexity index is 274. The Labute approximate surface area is 82.5 Å². The van der Waals surface area contributed by atoms with E-state index >= 15 is 0 Å². The Morgan fingerprint density at radius 2 is 2.00 bits per heavy atom. The molecule has 0 bridgehead atoms. The molecule has 0 heterocycles. The van der Waals surface area contributed by atoms with Crippen molar-refractivity contribution in [3.63, 3.8) is 0 Å². The number of nitrogens with two attached hydrogens (primary N) is 1. The molecule has 76 valence electrons. The number of hydrogen-bond donors (Lipinski definition) is 1. The van der Waals surface area contributed by atoms with E-state index in [0.29, 0.717) is 25.1 Å². The normalized spacial score (nSPS) is 9.79. The van der Waals surface area contributed by atoms with Crippen LogP contribution in [-0.2, 0) is 9.78 Å². The van der Waals surface area contributed by atoms with E-state index in [1.807, 2.05) is 6.07 Å². The van der Waals surface area contributed by atoms with Gasteiger partial charge >= 0.3 is 5.97 Å². The van der Waals surface area contributed by atoms with E-state index in [2.05, 4.69) is 9.78 Å². The average Bonchev–Trinajstić information content (AvgIpc) is 2.25. The molecule has 0 aliphatic carbocycles. The van der Waals surface area contributed by atoms with E-state index in [9.17, 15) is 4.79 Å². The zero-order valence-electron chi connectivity index (χ0n) is 7.81. The summed E-state index contributed by atoms with van der Waals surface area (Å²) in [6, 6.07) is 8.67. The molecule has 0 aliphatic heterocycles. The van der Waals surface area contributed by atoms with Crippen molar-refractivity contribution >= 4 is 5.97 Å². The summed E-state index contributed by atoms with van der Waals surface area (Å²) in [6.07, 6.45) is 0.669. The third-order valence-electron chi connectivity index (χ3n) is 1.58. The van der Waals surface area contributed by atoms with Gasteiger partial charge in [-0.25, -0.2) is 4.79 Å². The summed E-state index contributed by atoms with van der Waals surface area (Å²) in [4.78, 5) is 20.4. The second-order valence-electron chi connectivity index (χ2n) is 2.70. The van der Waals surface area contributed by atoms with Gasteiger partial charge in [0.1, 0.15) is 0 Å². The van der Waals surface area contributed by atoms with E-state index in [1.54, 1.807) is 24.3 Å². The number of hydrogen-bond acceptors (Lipinski definition) is 4. The standard InChI is InChI=1S/C10H13NO3/c11-7-4-8-13-14-10(12)9-5-2-1-3-6-9/h1-3,5-6H,4,7-8,11H2. The second kappa shape index (κ2) is 6.12. The Balaban J connectivity index is 2.29. The minimum atomic E-state index is -0.484. The van der Waals surface area contributed by atoms with Gasteiger partial charge < -0.3 is 5.73 Å². The third-order valence-corrected chi connectivity index (χ3v) is 1.58. The Kier molecular flexibility index (Phi) is 4.68. The average molecular weight is 195 g/mol. The van der Waals surface area contributed by atoms with Crippen LogP contribution >= 0.6 is 0 Å². The van der Waals surface area contributed by atoms with Crippen LogP contribution in [-0.4, -0.2) is 19.1 Å². The summed E-state index contributed by atoms with van der Waals surface area (Å²) in [7, 11) is 0. The maximum atomic E-state index is 11.2. The first kappa shape index (κ1) is 10.7. The minimum absolute atomic E-state index is 0.328. The van der Waals surface area contributed by atoms with Crippen molar-refractivity contribution in [3.05, 3.63) is 35.9 Å². The van der Waals surface area contributed by atoms with Crippen LogP contribution in [0.3, 0.4) is 0 Å². The highest BCUT2D eigenvalue weighted by Gasteiger charge is 2.06. The van der Waals surface area contributed by atoms with Crippen LogP contribution in [0.4, 0.5) is 0 Å². The molecule has 0 saturated carbocycles. The lowest BCUT2D eigenvalue weighted by Crippen LogP contribution is -2.09. The molecule has 0 aromatic heterocycles. The van der Waals surface area contributed by atoms with Gasteiger partial charge in [-0.05, 0) is 25.1 Å². The summed E-state index contributed by atoms with van der Waals surface area (Å²) < 4.78 is 0. The molecule has 14 heavy (non-hydrogen) atoms. The van der Waals surface area contributed by atoms with Crippen LogP contribution < -0.4 is 5.73 Å². The molecule has 0 unspecified atom stereocenters. The maximum Gasteiger partial charge on any atom is 0.373 e. The first-order valence-corrected chi connectivity index (χ1v) is 4.43. The minimum Gasteiger partial charge on any atom is -0.330 e. The summed E-state index contributed by atoms with van der Waals surface area (Å²) in [5.74, 6) is -0.484. The first-order valence-electron chi connectivity index (χ1n) is 4.43. The monoisotopic (exact) mass is 195 g/mol. The molecule has 4 heteroatoms. The largest absolute Gasteiger partial charge is 0.373 e. The lowest BCUT2D eigenvalue weighted by atomic mass is 10.2. The van der Waals surface area contributed by atoms with Crippen molar-refractivity contribution in [2.45, 2.75) is 6.42 Å². The molecular formula is C10H13NO3. The van der Waals surface area contributed by atoms with Gasteiger partial charge in [0.05, 0.1) is 12.2 Å². The molecule has 1 aromatic carbocycles. The SMILES string of the molecule is NCCCOOC(=O)c1ccccc1. The van der Waals surface area contributed by atoms with Crippen LogP contribution in [0.5, 0.6) is 0 Å². The molecule has 0 atom stereocenters. The lowest BCUT2D eigenvalue weighted by molar-refractivity contribution is -0.240. The fraction of sp³-hybridized carbons (Fsp3) is 0.300. The Morgan fingerprint density at radius 1 is 1.29 bits per heavy atom. The molecule has 0 saturated heterocycles. The van der Waals surface area contributed by atoms with Crippen LogP contribution in [0, 0.1) is 0 Å². The van der Waals surface area contributed by atoms with E-state index in [0.717, 1.165) is 0 Å². The van der Waals surface area contributed by atoms with Crippen LogP contribution in [0.15, 0.2) is 30.3 Å². The highest BCUT2D eigenvalue weighted by atomic mass is 17.2. The fourth-order valence-electron chi connectivity index (χ4n) is 0.860. The van der Waals surface area contributed by atoms with Gasteiger partial charge in [-0.15, -0.1) is 0 Å². The highest BCUT2D eigenvalue weighted by Crippen LogP contribution is 2.01. The maximum absolute atomic E-state index is 11.2. The quantitative estimate of drug-likeness (QED) is 0.434. The van der Waals surface area contributed by atoms with Gasteiger partial charge in [0.2, 0.25) is 0 Å². The third kappa shape index (κ3) is 3.55.